The van der Waals surface area contributed by atoms with Gasteiger partial charge in [-0.3, -0.25) is 9.69 Å². The number of nitrogens with one attached hydrogen (secondary N) is 1. The number of nitrogens with zero attached hydrogens (tertiary/aromatic N) is 1. The van der Waals surface area contributed by atoms with Crippen LogP contribution >= 0.6 is 0 Å². The lowest BCUT2D eigenvalue weighted by Gasteiger charge is -2.56. The van der Waals surface area contributed by atoms with Crippen molar-refractivity contribution in [2.24, 2.45) is 23.2 Å². The van der Waals surface area contributed by atoms with Crippen molar-refractivity contribution < 1.29 is 4.79 Å². The highest BCUT2D eigenvalue weighted by Gasteiger charge is 2.51. The Morgan fingerprint density at radius 1 is 1.07 bits per heavy atom. The first-order valence-electron chi connectivity index (χ1n) is 11.2. The molecule has 146 valence electrons. The second-order valence-electron chi connectivity index (χ2n) is 10.3. The van der Waals surface area contributed by atoms with Crippen LogP contribution in [-0.4, -0.2) is 23.9 Å². The number of carbonyl (C=O) groups excluding carboxylic acids is 1. The Hall–Kier alpha value is -1.35. The third kappa shape index (κ3) is 3.68. The lowest BCUT2D eigenvalue weighted by atomic mass is 9.49. The molecule has 1 aliphatic heterocycles. The highest BCUT2D eigenvalue weighted by molar-refractivity contribution is 5.92. The van der Waals surface area contributed by atoms with Gasteiger partial charge >= 0.3 is 0 Å². The van der Waals surface area contributed by atoms with E-state index in [4.69, 9.17) is 0 Å². The maximum Gasteiger partial charge on any atom is 0.224 e. The number of hydrogen-bond acceptors (Lipinski definition) is 2. The fraction of sp³-hybridized carbons (Fsp3) is 0.708. The predicted octanol–water partition coefficient (Wildman–Crippen LogP) is 5.14. The lowest BCUT2D eigenvalue weighted by Crippen LogP contribution is -2.47. The summed E-state index contributed by atoms with van der Waals surface area (Å²) in [5.74, 6) is 2.98. The molecule has 1 aromatic carbocycles. The van der Waals surface area contributed by atoms with Crippen LogP contribution in [0.15, 0.2) is 18.2 Å². The Bertz CT molecular complexity index is 684. The first kappa shape index (κ1) is 17.7. The molecule has 1 N–H and O–H groups in total. The summed E-state index contributed by atoms with van der Waals surface area (Å²) < 4.78 is 0. The van der Waals surface area contributed by atoms with Gasteiger partial charge in [0.2, 0.25) is 5.91 Å². The quantitative estimate of drug-likeness (QED) is 0.783. The minimum atomic E-state index is 0.248. The fourth-order valence-corrected chi connectivity index (χ4v) is 7.14. The highest BCUT2D eigenvalue weighted by atomic mass is 16.1. The fourth-order valence-electron chi connectivity index (χ4n) is 7.14. The van der Waals surface area contributed by atoms with Gasteiger partial charge in [-0.25, -0.2) is 0 Å². The van der Waals surface area contributed by atoms with Crippen LogP contribution in [-0.2, 0) is 11.3 Å². The summed E-state index contributed by atoms with van der Waals surface area (Å²) in [4.78, 5) is 15.5. The summed E-state index contributed by atoms with van der Waals surface area (Å²) in [5, 5.41) is 3.29. The summed E-state index contributed by atoms with van der Waals surface area (Å²) >= 11 is 0. The molecular formula is C24H34N2O. The van der Waals surface area contributed by atoms with E-state index in [9.17, 15) is 4.79 Å². The Labute approximate surface area is 163 Å². The van der Waals surface area contributed by atoms with Crippen LogP contribution in [0.4, 0.5) is 5.69 Å². The van der Waals surface area contributed by atoms with E-state index < -0.39 is 0 Å². The SMILES string of the molecule is Cc1ccc(CN2CCCC2)cc1NC(=O)CC12CC3CC(CC(C3)C1)C2. The molecule has 27 heavy (non-hydrogen) atoms. The second-order valence-corrected chi connectivity index (χ2v) is 10.3. The topological polar surface area (TPSA) is 32.3 Å². The summed E-state index contributed by atoms with van der Waals surface area (Å²) in [6, 6.07) is 6.61. The van der Waals surface area contributed by atoms with E-state index >= 15 is 0 Å². The van der Waals surface area contributed by atoms with Gasteiger partial charge in [0.1, 0.15) is 0 Å². The first-order valence-corrected chi connectivity index (χ1v) is 11.2. The standard InChI is InChI=1S/C24H34N2O/c1-17-4-5-18(16-26-6-2-3-7-26)11-22(17)25-23(27)15-24-12-19-8-20(13-24)10-21(9-19)14-24/h4-5,11,19-21H,2-3,6-10,12-16H2,1H3,(H,25,27). The molecule has 3 nitrogen and oxygen atoms in total. The Balaban J connectivity index is 1.25. The summed E-state index contributed by atoms with van der Waals surface area (Å²) in [7, 11) is 0. The molecule has 1 saturated heterocycles. The van der Waals surface area contributed by atoms with E-state index in [1.165, 1.54) is 75.6 Å². The van der Waals surface area contributed by atoms with Crippen LogP contribution in [0.2, 0.25) is 0 Å². The van der Waals surface area contributed by atoms with Gasteiger partial charge in [-0.05, 0) is 112 Å². The maximum absolute atomic E-state index is 13.0. The maximum atomic E-state index is 13.0. The van der Waals surface area contributed by atoms with E-state index in [2.05, 4.69) is 35.3 Å². The van der Waals surface area contributed by atoms with Crippen molar-refractivity contribution in [2.45, 2.75) is 71.3 Å². The van der Waals surface area contributed by atoms with Crippen molar-refractivity contribution in [3.05, 3.63) is 29.3 Å². The van der Waals surface area contributed by atoms with Crippen molar-refractivity contribution in [1.29, 1.82) is 0 Å². The molecule has 4 saturated carbocycles. The molecule has 4 aliphatic carbocycles. The number of amides is 1. The monoisotopic (exact) mass is 366 g/mol. The molecule has 6 rings (SSSR count). The average molecular weight is 367 g/mol. The molecule has 4 bridgehead atoms. The van der Waals surface area contributed by atoms with Crippen molar-refractivity contribution >= 4 is 11.6 Å². The van der Waals surface area contributed by atoms with Crippen molar-refractivity contribution in [3.8, 4) is 0 Å². The van der Waals surface area contributed by atoms with E-state index in [1.54, 1.807) is 0 Å². The van der Waals surface area contributed by atoms with Gasteiger partial charge in [-0.15, -0.1) is 0 Å². The Morgan fingerprint density at radius 3 is 2.33 bits per heavy atom. The molecule has 0 radical (unpaired) electrons. The largest absolute Gasteiger partial charge is 0.326 e. The predicted molar refractivity (Wildman–Crippen MR) is 110 cm³/mol. The highest BCUT2D eigenvalue weighted by Crippen LogP contribution is 2.61. The molecular weight excluding hydrogens is 332 g/mol. The zero-order chi connectivity index (χ0) is 18.4. The molecule has 5 fully saturated rings. The van der Waals surface area contributed by atoms with E-state index in [0.717, 1.165) is 36.4 Å². The van der Waals surface area contributed by atoms with Crippen molar-refractivity contribution in [2.75, 3.05) is 18.4 Å². The molecule has 0 unspecified atom stereocenters. The van der Waals surface area contributed by atoms with Gasteiger partial charge in [-0.1, -0.05) is 12.1 Å². The van der Waals surface area contributed by atoms with E-state index in [-0.39, 0.29) is 5.91 Å². The van der Waals surface area contributed by atoms with Crippen molar-refractivity contribution in [3.63, 3.8) is 0 Å². The van der Waals surface area contributed by atoms with Gasteiger partial charge in [0.15, 0.2) is 0 Å². The third-order valence-electron chi connectivity index (χ3n) is 7.88. The molecule has 5 aliphatic rings. The lowest BCUT2D eigenvalue weighted by molar-refractivity contribution is -0.124. The smallest absolute Gasteiger partial charge is 0.224 e. The van der Waals surface area contributed by atoms with Crippen LogP contribution in [0.25, 0.3) is 0 Å². The zero-order valence-electron chi connectivity index (χ0n) is 16.8. The number of benzene rings is 1. The minimum Gasteiger partial charge on any atom is -0.326 e. The number of carbonyl (C=O) groups is 1. The minimum absolute atomic E-state index is 0.248. The van der Waals surface area contributed by atoms with Crippen LogP contribution in [0, 0.1) is 30.1 Å². The summed E-state index contributed by atoms with van der Waals surface area (Å²) in [6.45, 7) is 5.54. The molecule has 3 heteroatoms. The average Bonchev–Trinajstić information content (AvgIpc) is 3.09. The first-order chi connectivity index (χ1) is 13.1. The van der Waals surface area contributed by atoms with Crippen LogP contribution < -0.4 is 5.32 Å². The number of aryl methyl sites for hydroxylation is 1. The van der Waals surface area contributed by atoms with Gasteiger partial charge in [0.25, 0.3) is 0 Å². The van der Waals surface area contributed by atoms with E-state index in [1.807, 2.05) is 0 Å². The Kier molecular flexibility index (Phi) is 4.54. The van der Waals surface area contributed by atoms with Crippen LogP contribution in [0.1, 0.15) is 68.9 Å². The summed E-state index contributed by atoms with van der Waals surface area (Å²) in [6.07, 6.45) is 11.6. The zero-order valence-corrected chi connectivity index (χ0v) is 16.8. The molecule has 0 atom stereocenters. The number of rotatable bonds is 5. The normalized spacial score (nSPS) is 34.9. The third-order valence-corrected chi connectivity index (χ3v) is 7.88. The number of hydrogen-bond donors (Lipinski definition) is 1. The van der Waals surface area contributed by atoms with Crippen LogP contribution in [0.3, 0.4) is 0 Å². The van der Waals surface area contributed by atoms with Crippen LogP contribution in [0.5, 0.6) is 0 Å². The number of anilines is 1. The molecule has 1 amide bonds. The van der Waals surface area contributed by atoms with E-state index in [0.29, 0.717) is 5.41 Å². The summed E-state index contributed by atoms with van der Waals surface area (Å²) in [5.41, 5.74) is 3.85. The second kappa shape index (κ2) is 6.92. The van der Waals surface area contributed by atoms with Gasteiger partial charge in [0.05, 0.1) is 0 Å². The van der Waals surface area contributed by atoms with Crippen molar-refractivity contribution in [1.82, 2.24) is 4.90 Å². The molecule has 1 heterocycles. The Morgan fingerprint density at radius 2 is 1.70 bits per heavy atom. The molecule has 1 aromatic rings. The van der Waals surface area contributed by atoms with Gasteiger partial charge < -0.3 is 5.32 Å². The molecule has 0 spiro atoms. The number of likely N-dealkylation sites (tertiary alicyclic amines) is 1. The van der Waals surface area contributed by atoms with Gasteiger partial charge in [-0.2, -0.15) is 0 Å². The van der Waals surface area contributed by atoms with Gasteiger partial charge in [0, 0.05) is 18.7 Å². The molecule has 0 aromatic heterocycles.